The maximum Gasteiger partial charge on any atom is 0.166 e. The minimum absolute atomic E-state index is 0.356. The predicted octanol–water partition coefficient (Wildman–Crippen LogP) is 1.29. The highest BCUT2D eigenvalue weighted by Crippen LogP contribution is 2.30. The summed E-state index contributed by atoms with van der Waals surface area (Å²) in [6, 6.07) is 5.18. The second-order valence-corrected chi connectivity index (χ2v) is 4.21. The molecule has 1 aromatic heterocycles. The van der Waals surface area contributed by atoms with E-state index in [0.29, 0.717) is 21.6 Å². The van der Waals surface area contributed by atoms with Gasteiger partial charge in [-0.2, -0.15) is 0 Å². The number of nitrogens with two attached hydrogens (primary N) is 1. The molecule has 16 heavy (non-hydrogen) atoms. The Morgan fingerprint density at radius 3 is 2.69 bits per heavy atom. The van der Waals surface area contributed by atoms with Gasteiger partial charge in [-0.05, 0) is 18.2 Å². The molecule has 1 aromatic carbocycles. The molecule has 0 amide bonds. The predicted molar refractivity (Wildman–Crippen MR) is 70.1 cm³/mol. The molecule has 80 valence electrons. The third-order valence-corrected chi connectivity index (χ3v) is 2.66. The van der Waals surface area contributed by atoms with E-state index in [4.69, 9.17) is 28.9 Å². The zero-order valence-electron chi connectivity index (χ0n) is 8.54. The van der Waals surface area contributed by atoms with Crippen molar-refractivity contribution in [1.82, 2.24) is 9.97 Å². The van der Waals surface area contributed by atoms with Gasteiger partial charge in [0.2, 0.25) is 0 Å². The Morgan fingerprint density at radius 2 is 2.00 bits per heavy atom. The van der Waals surface area contributed by atoms with Gasteiger partial charge in [0.15, 0.2) is 7.85 Å². The van der Waals surface area contributed by atoms with Gasteiger partial charge in [0.25, 0.3) is 0 Å². The van der Waals surface area contributed by atoms with Gasteiger partial charge in [-0.1, -0.05) is 23.2 Å². The SMILES string of the molecule is Bc1cnc(N)c(-c2ccc(Cl)cc2Cl)n1. The van der Waals surface area contributed by atoms with E-state index in [-0.39, 0.29) is 0 Å². The van der Waals surface area contributed by atoms with E-state index in [1.54, 1.807) is 24.4 Å². The smallest absolute Gasteiger partial charge is 0.166 e. The highest BCUT2D eigenvalue weighted by Gasteiger charge is 2.10. The minimum atomic E-state index is 0.356. The normalized spacial score (nSPS) is 10.4. The van der Waals surface area contributed by atoms with E-state index in [9.17, 15) is 0 Å². The quantitative estimate of drug-likeness (QED) is 0.778. The largest absolute Gasteiger partial charge is 0.382 e. The maximum atomic E-state index is 6.08. The molecule has 0 saturated carbocycles. The average molecular weight is 252 g/mol. The molecule has 0 unspecified atom stereocenters. The second kappa shape index (κ2) is 4.32. The zero-order chi connectivity index (χ0) is 11.7. The van der Waals surface area contributed by atoms with Crippen molar-refractivity contribution < 1.29 is 0 Å². The molecular formula is C10H8BCl2N3. The lowest BCUT2D eigenvalue weighted by Gasteiger charge is -2.07. The van der Waals surface area contributed by atoms with Crippen molar-refractivity contribution >= 4 is 42.5 Å². The summed E-state index contributed by atoms with van der Waals surface area (Å²) in [6.07, 6.45) is 1.61. The number of aromatic nitrogens is 2. The molecular weight excluding hydrogens is 244 g/mol. The fourth-order valence-corrected chi connectivity index (χ4v) is 1.86. The number of nitrogen functional groups attached to an aromatic ring is 1. The molecule has 2 N–H and O–H groups in total. The molecule has 0 saturated heterocycles. The monoisotopic (exact) mass is 251 g/mol. The number of hydrogen-bond acceptors (Lipinski definition) is 3. The van der Waals surface area contributed by atoms with Crippen molar-refractivity contribution in [2.75, 3.05) is 5.73 Å². The molecule has 0 aliphatic carbocycles. The lowest BCUT2D eigenvalue weighted by atomic mass is 10.0. The summed E-state index contributed by atoms with van der Waals surface area (Å²) < 4.78 is 0. The molecule has 1 heterocycles. The van der Waals surface area contributed by atoms with Gasteiger partial charge in [0.1, 0.15) is 11.5 Å². The lowest BCUT2D eigenvalue weighted by molar-refractivity contribution is 1.25. The van der Waals surface area contributed by atoms with Crippen LogP contribution in [0.25, 0.3) is 11.3 Å². The van der Waals surface area contributed by atoms with Crippen molar-refractivity contribution in [2.24, 2.45) is 0 Å². The number of benzene rings is 1. The first kappa shape index (κ1) is 11.2. The van der Waals surface area contributed by atoms with Gasteiger partial charge < -0.3 is 5.73 Å². The van der Waals surface area contributed by atoms with Gasteiger partial charge in [0, 0.05) is 22.4 Å². The maximum absolute atomic E-state index is 6.08. The molecule has 2 rings (SSSR count). The Balaban J connectivity index is 2.62. The number of nitrogens with zero attached hydrogens (tertiary/aromatic N) is 2. The highest BCUT2D eigenvalue weighted by molar-refractivity contribution is 6.36. The fraction of sp³-hybridized carbons (Fsp3) is 0. The molecule has 0 aliphatic heterocycles. The van der Waals surface area contributed by atoms with Crippen LogP contribution >= 0.6 is 23.2 Å². The Morgan fingerprint density at radius 1 is 1.25 bits per heavy atom. The number of halogens is 2. The Labute approximate surface area is 104 Å². The first-order chi connectivity index (χ1) is 7.58. The summed E-state index contributed by atoms with van der Waals surface area (Å²) in [7, 11) is 1.85. The summed E-state index contributed by atoms with van der Waals surface area (Å²) in [4.78, 5) is 8.36. The van der Waals surface area contributed by atoms with E-state index in [1.165, 1.54) is 0 Å². The van der Waals surface area contributed by atoms with Gasteiger partial charge in [-0.3, -0.25) is 4.98 Å². The van der Waals surface area contributed by atoms with E-state index in [0.717, 1.165) is 11.2 Å². The molecule has 2 aromatic rings. The molecule has 0 aliphatic rings. The van der Waals surface area contributed by atoms with Crippen LogP contribution in [0.3, 0.4) is 0 Å². The van der Waals surface area contributed by atoms with E-state index in [2.05, 4.69) is 9.97 Å². The van der Waals surface area contributed by atoms with Crippen molar-refractivity contribution in [3.63, 3.8) is 0 Å². The van der Waals surface area contributed by atoms with Gasteiger partial charge in [0.05, 0.1) is 5.02 Å². The molecule has 0 atom stereocenters. The van der Waals surface area contributed by atoms with Crippen LogP contribution < -0.4 is 11.3 Å². The van der Waals surface area contributed by atoms with Gasteiger partial charge >= 0.3 is 0 Å². The molecule has 0 fully saturated rings. The van der Waals surface area contributed by atoms with Crippen LogP contribution in [0, 0.1) is 0 Å². The van der Waals surface area contributed by atoms with Crippen LogP contribution in [0.5, 0.6) is 0 Å². The number of hydrogen-bond donors (Lipinski definition) is 1. The summed E-state index contributed by atoms with van der Waals surface area (Å²) in [5, 5.41) is 1.09. The summed E-state index contributed by atoms with van der Waals surface area (Å²) >= 11 is 11.9. The minimum Gasteiger partial charge on any atom is -0.382 e. The third kappa shape index (κ3) is 2.13. The van der Waals surface area contributed by atoms with Crippen molar-refractivity contribution in [1.29, 1.82) is 0 Å². The molecule has 0 bridgehead atoms. The van der Waals surface area contributed by atoms with Crippen LogP contribution in [-0.4, -0.2) is 17.8 Å². The molecule has 0 radical (unpaired) electrons. The zero-order valence-corrected chi connectivity index (χ0v) is 10.0. The van der Waals surface area contributed by atoms with E-state index in [1.807, 2.05) is 7.85 Å². The fourth-order valence-electron chi connectivity index (χ4n) is 1.37. The van der Waals surface area contributed by atoms with Crippen molar-refractivity contribution in [3.05, 3.63) is 34.4 Å². The highest BCUT2D eigenvalue weighted by atomic mass is 35.5. The van der Waals surface area contributed by atoms with E-state index >= 15 is 0 Å². The second-order valence-electron chi connectivity index (χ2n) is 3.37. The Kier molecular flexibility index (Phi) is 3.03. The summed E-state index contributed by atoms with van der Waals surface area (Å²) in [6.45, 7) is 0. The van der Waals surface area contributed by atoms with Crippen LogP contribution in [0.2, 0.25) is 10.0 Å². The molecule has 0 spiro atoms. The summed E-state index contributed by atoms with van der Waals surface area (Å²) in [5.74, 6) is 0.356. The van der Waals surface area contributed by atoms with Crippen LogP contribution in [0.15, 0.2) is 24.4 Å². The van der Waals surface area contributed by atoms with Crippen LogP contribution in [0.1, 0.15) is 0 Å². The molecule has 3 nitrogen and oxygen atoms in total. The first-order valence-corrected chi connectivity index (χ1v) is 5.38. The number of rotatable bonds is 1. The van der Waals surface area contributed by atoms with Crippen LogP contribution in [0.4, 0.5) is 5.82 Å². The summed E-state index contributed by atoms with van der Waals surface area (Å²) in [5.41, 5.74) is 7.87. The van der Waals surface area contributed by atoms with Gasteiger partial charge in [-0.15, -0.1) is 0 Å². The van der Waals surface area contributed by atoms with Crippen molar-refractivity contribution in [3.8, 4) is 11.3 Å². The molecule has 6 heteroatoms. The number of anilines is 1. The van der Waals surface area contributed by atoms with Gasteiger partial charge in [-0.25, -0.2) is 4.98 Å². The first-order valence-electron chi connectivity index (χ1n) is 4.62. The Hall–Kier alpha value is -1.26. The average Bonchev–Trinajstić information content (AvgIpc) is 2.22. The topological polar surface area (TPSA) is 51.8 Å². The van der Waals surface area contributed by atoms with E-state index < -0.39 is 0 Å². The third-order valence-electron chi connectivity index (χ3n) is 2.11. The van der Waals surface area contributed by atoms with Crippen LogP contribution in [-0.2, 0) is 0 Å². The van der Waals surface area contributed by atoms with Crippen molar-refractivity contribution in [2.45, 2.75) is 0 Å². The standard InChI is InChI=1S/C10H8BCl2N3/c11-8-4-15-10(14)9(16-8)6-2-1-5(12)3-7(6)13/h1-4H,11H2,(H2,14,15). The Bertz CT molecular complexity index is 546. The lowest BCUT2D eigenvalue weighted by Crippen LogP contribution is -2.12.